The summed E-state index contributed by atoms with van der Waals surface area (Å²) in [4.78, 5) is 12.2. The summed E-state index contributed by atoms with van der Waals surface area (Å²) in [7, 11) is 0. The van der Waals surface area contributed by atoms with Gasteiger partial charge in [-0.25, -0.2) is 4.68 Å². The highest BCUT2D eigenvalue weighted by Crippen LogP contribution is 2.20. The second-order valence-electron chi connectivity index (χ2n) is 5.21. The predicted octanol–water partition coefficient (Wildman–Crippen LogP) is 2.81. The Balaban J connectivity index is 2.14. The van der Waals surface area contributed by atoms with Gasteiger partial charge in [0, 0.05) is 6.54 Å². The molecule has 0 bridgehead atoms. The highest BCUT2D eigenvalue weighted by Gasteiger charge is 2.24. The molecule has 22 heavy (non-hydrogen) atoms. The van der Waals surface area contributed by atoms with E-state index < -0.39 is 5.60 Å². The molecule has 0 spiro atoms. The lowest BCUT2D eigenvalue weighted by molar-refractivity contribution is 0.0314. The molecule has 1 amide bonds. The molecule has 0 atom stereocenters. The quantitative estimate of drug-likeness (QED) is 0.859. The maximum Gasteiger partial charge on any atom is 0.256 e. The number of rotatable bonds is 6. The SMILES string of the molecule is CCC(O)(CC)CNC(=O)c1cnn(-c2ccccc2)c1Cl. The summed E-state index contributed by atoms with van der Waals surface area (Å²) < 4.78 is 1.50. The van der Waals surface area contributed by atoms with Crippen LogP contribution >= 0.6 is 11.6 Å². The van der Waals surface area contributed by atoms with Crippen molar-refractivity contribution < 1.29 is 9.90 Å². The number of aromatic nitrogens is 2. The molecule has 5 nitrogen and oxygen atoms in total. The Bertz CT molecular complexity index is 636. The van der Waals surface area contributed by atoms with Crippen molar-refractivity contribution in [2.45, 2.75) is 32.3 Å². The van der Waals surface area contributed by atoms with Crippen molar-refractivity contribution in [3.8, 4) is 5.69 Å². The number of para-hydroxylation sites is 1. The molecule has 2 rings (SSSR count). The first-order valence-electron chi connectivity index (χ1n) is 7.30. The van der Waals surface area contributed by atoms with Gasteiger partial charge in [-0.15, -0.1) is 0 Å². The average Bonchev–Trinajstić information content (AvgIpc) is 2.95. The summed E-state index contributed by atoms with van der Waals surface area (Å²) >= 11 is 6.25. The molecule has 6 heteroatoms. The van der Waals surface area contributed by atoms with Gasteiger partial charge in [0.2, 0.25) is 0 Å². The van der Waals surface area contributed by atoms with E-state index in [1.807, 2.05) is 44.2 Å². The number of carbonyl (C=O) groups is 1. The van der Waals surface area contributed by atoms with Crippen LogP contribution in [0.1, 0.15) is 37.0 Å². The van der Waals surface area contributed by atoms with Gasteiger partial charge in [0.1, 0.15) is 5.15 Å². The van der Waals surface area contributed by atoms with Crippen LogP contribution in [0.4, 0.5) is 0 Å². The molecular weight excluding hydrogens is 302 g/mol. The minimum atomic E-state index is -0.891. The smallest absolute Gasteiger partial charge is 0.256 e. The highest BCUT2D eigenvalue weighted by molar-refractivity contribution is 6.33. The number of nitrogens with zero attached hydrogens (tertiary/aromatic N) is 2. The Kier molecular flexibility index (Phi) is 5.21. The molecule has 0 unspecified atom stereocenters. The van der Waals surface area contributed by atoms with Gasteiger partial charge in [0.15, 0.2) is 0 Å². The largest absolute Gasteiger partial charge is 0.388 e. The number of halogens is 1. The van der Waals surface area contributed by atoms with Gasteiger partial charge >= 0.3 is 0 Å². The molecule has 0 saturated heterocycles. The lowest BCUT2D eigenvalue weighted by Gasteiger charge is -2.25. The third kappa shape index (κ3) is 3.48. The Labute approximate surface area is 134 Å². The number of hydrogen-bond acceptors (Lipinski definition) is 3. The highest BCUT2D eigenvalue weighted by atomic mass is 35.5. The van der Waals surface area contributed by atoms with Gasteiger partial charge in [0.25, 0.3) is 5.91 Å². The Morgan fingerprint density at radius 2 is 1.95 bits per heavy atom. The molecule has 2 aromatic rings. The first-order valence-corrected chi connectivity index (χ1v) is 7.68. The van der Waals surface area contributed by atoms with Crippen LogP contribution in [0.25, 0.3) is 5.69 Å². The van der Waals surface area contributed by atoms with E-state index in [0.717, 1.165) is 5.69 Å². The number of aliphatic hydroxyl groups is 1. The van der Waals surface area contributed by atoms with Crippen molar-refractivity contribution in [1.82, 2.24) is 15.1 Å². The second-order valence-corrected chi connectivity index (χ2v) is 5.57. The van der Waals surface area contributed by atoms with Gasteiger partial charge in [-0.05, 0) is 25.0 Å². The summed E-state index contributed by atoms with van der Waals surface area (Å²) in [6.45, 7) is 3.96. The third-order valence-electron chi connectivity index (χ3n) is 3.85. The minimum Gasteiger partial charge on any atom is -0.388 e. The normalized spacial score (nSPS) is 11.5. The van der Waals surface area contributed by atoms with Gasteiger partial charge in [-0.1, -0.05) is 43.6 Å². The minimum absolute atomic E-state index is 0.186. The molecule has 0 fully saturated rings. The van der Waals surface area contributed by atoms with Crippen LogP contribution in [0.5, 0.6) is 0 Å². The number of hydrogen-bond donors (Lipinski definition) is 2. The van der Waals surface area contributed by atoms with Gasteiger partial charge in [-0.3, -0.25) is 4.79 Å². The van der Waals surface area contributed by atoms with Crippen molar-refractivity contribution in [3.05, 3.63) is 47.2 Å². The van der Waals surface area contributed by atoms with E-state index in [-0.39, 0.29) is 17.6 Å². The summed E-state index contributed by atoms with van der Waals surface area (Å²) in [5.74, 6) is -0.340. The maximum absolute atomic E-state index is 12.2. The van der Waals surface area contributed by atoms with Gasteiger partial charge in [0.05, 0.1) is 23.0 Å². The molecule has 0 radical (unpaired) electrons. The van der Waals surface area contributed by atoms with Crippen molar-refractivity contribution >= 4 is 17.5 Å². The third-order valence-corrected chi connectivity index (χ3v) is 4.21. The zero-order chi connectivity index (χ0) is 16.2. The average molecular weight is 322 g/mol. The van der Waals surface area contributed by atoms with Crippen molar-refractivity contribution in [2.24, 2.45) is 0 Å². The fraction of sp³-hybridized carbons (Fsp3) is 0.375. The monoisotopic (exact) mass is 321 g/mol. The Morgan fingerprint density at radius 1 is 1.32 bits per heavy atom. The van der Waals surface area contributed by atoms with Gasteiger partial charge < -0.3 is 10.4 Å². The zero-order valence-electron chi connectivity index (χ0n) is 12.7. The molecule has 118 valence electrons. The van der Waals surface area contributed by atoms with Crippen LogP contribution in [0.2, 0.25) is 5.15 Å². The summed E-state index contributed by atoms with van der Waals surface area (Å²) in [5.41, 5.74) is 0.183. The van der Waals surface area contributed by atoms with E-state index in [1.54, 1.807) is 0 Å². The number of nitrogens with one attached hydrogen (secondary N) is 1. The maximum atomic E-state index is 12.2. The van der Waals surface area contributed by atoms with Crippen molar-refractivity contribution in [2.75, 3.05) is 6.54 Å². The van der Waals surface area contributed by atoms with Crippen LogP contribution in [-0.2, 0) is 0 Å². The molecule has 0 saturated carbocycles. The first kappa shape index (κ1) is 16.5. The van der Waals surface area contributed by atoms with E-state index in [1.165, 1.54) is 10.9 Å². The lowest BCUT2D eigenvalue weighted by atomic mass is 9.97. The summed E-state index contributed by atoms with van der Waals surface area (Å²) in [6, 6.07) is 9.34. The van der Waals surface area contributed by atoms with Crippen LogP contribution in [0, 0.1) is 0 Å². The number of amides is 1. The predicted molar refractivity (Wildman–Crippen MR) is 86.4 cm³/mol. The number of carbonyl (C=O) groups excluding carboxylic acids is 1. The van der Waals surface area contributed by atoms with Crippen LogP contribution in [0.15, 0.2) is 36.5 Å². The number of benzene rings is 1. The first-order chi connectivity index (χ1) is 10.5. The molecule has 0 aliphatic heterocycles. The standard InChI is InChI=1S/C16H20ClN3O2/c1-3-16(22,4-2)11-18-15(21)13-10-19-20(14(13)17)12-8-6-5-7-9-12/h5-10,22H,3-4,11H2,1-2H3,(H,18,21). The Hall–Kier alpha value is -1.85. The molecule has 0 aliphatic carbocycles. The van der Waals surface area contributed by atoms with Crippen LogP contribution < -0.4 is 5.32 Å². The van der Waals surface area contributed by atoms with E-state index in [0.29, 0.717) is 18.4 Å². The fourth-order valence-electron chi connectivity index (χ4n) is 2.08. The molecule has 1 heterocycles. The van der Waals surface area contributed by atoms with E-state index >= 15 is 0 Å². The second kappa shape index (κ2) is 6.94. The van der Waals surface area contributed by atoms with Gasteiger partial charge in [-0.2, -0.15) is 5.10 Å². The topological polar surface area (TPSA) is 67.2 Å². The van der Waals surface area contributed by atoms with Crippen molar-refractivity contribution in [1.29, 1.82) is 0 Å². The zero-order valence-corrected chi connectivity index (χ0v) is 13.5. The van der Waals surface area contributed by atoms with Crippen LogP contribution in [0.3, 0.4) is 0 Å². The van der Waals surface area contributed by atoms with Crippen LogP contribution in [-0.4, -0.2) is 32.9 Å². The summed E-state index contributed by atoms with van der Waals surface area (Å²) in [6.07, 6.45) is 2.57. The molecular formula is C16H20ClN3O2. The lowest BCUT2D eigenvalue weighted by Crippen LogP contribution is -2.42. The Morgan fingerprint density at radius 3 is 2.55 bits per heavy atom. The molecule has 2 N–H and O–H groups in total. The van der Waals surface area contributed by atoms with Crippen molar-refractivity contribution in [3.63, 3.8) is 0 Å². The fourth-order valence-corrected chi connectivity index (χ4v) is 2.35. The molecule has 1 aromatic heterocycles. The molecule has 1 aromatic carbocycles. The summed E-state index contributed by atoms with van der Waals surface area (Å²) in [5, 5.41) is 17.3. The van der Waals surface area contributed by atoms with E-state index in [9.17, 15) is 9.90 Å². The van der Waals surface area contributed by atoms with E-state index in [2.05, 4.69) is 10.4 Å². The molecule has 0 aliphatic rings. The van der Waals surface area contributed by atoms with E-state index in [4.69, 9.17) is 11.6 Å².